The molecule has 1 heterocycles. The Hall–Kier alpha value is -2.35. The molecule has 0 N–H and O–H groups in total. The Morgan fingerprint density at radius 1 is 0.793 bits per heavy atom. The first-order valence-electron chi connectivity index (χ1n) is 10.3. The summed E-state index contributed by atoms with van der Waals surface area (Å²) in [5.41, 5.74) is 4.89. The minimum absolute atomic E-state index is 0.789. The normalized spacial score (nSPS) is 10.6. The van der Waals surface area contributed by atoms with Gasteiger partial charge in [0.1, 0.15) is 0 Å². The average molecular weight is 407 g/mol. The molecule has 2 aromatic rings. The molecular formula is C24H30N4S. The molecule has 2 rings (SSSR count). The van der Waals surface area contributed by atoms with Crippen molar-refractivity contribution in [1.29, 1.82) is 0 Å². The standard InChI is InChI=1S/C24H30N4S/c1-5-27(6-2)17-23-15-21(16-24(26-23)18-28(7-3)8-4)10-9-20-11-13-22(14-12-20)25-19-29/h11-16H,5-8,17-18H2,1-4H3. The lowest BCUT2D eigenvalue weighted by Gasteiger charge is -2.20. The monoisotopic (exact) mass is 406 g/mol. The topological polar surface area (TPSA) is 31.7 Å². The Morgan fingerprint density at radius 2 is 1.28 bits per heavy atom. The highest BCUT2D eigenvalue weighted by molar-refractivity contribution is 7.78. The van der Waals surface area contributed by atoms with Crippen molar-refractivity contribution in [1.82, 2.24) is 14.8 Å². The van der Waals surface area contributed by atoms with Crippen molar-refractivity contribution in [2.75, 3.05) is 26.2 Å². The van der Waals surface area contributed by atoms with Gasteiger partial charge < -0.3 is 0 Å². The maximum absolute atomic E-state index is 4.91. The van der Waals surface area contributed by atoms with Crippen molar-refractivity contribution in [3.8, 4) is 11.8 Å². The molecular weight excluding hydrogens is 376 g/mol. The molecule has 5 heteroatoms. The number of thiocarbonyl (C=S) groups is 1. The van der Waals surface area contributed by atoms with E-state index in [9.17, 15) is 0 Å². The van der Waals surface area contributed by atoms with Gasteiger partial charge in [-0.1, -0.05) is 39.5 Å². The summed E-state index contributed by atoms with van der Waals surface area (Å²) >= 11 is 4.64. The van der Waals surface area contributed by atoms with Crippen LogP contribution >= 0.6 is 12.2 Å². The molecule has 0 unspecified atom stereocenters. The van der Waals surface area contributed by atoms with Crippen LogP contribution in [0.15, 0.2) is 41.4 Å². The Kier molecular flexibility index (Phi) is 9.70. The lowest BCUT2D eigenvalue weighted by atomic mass is 10.1. The fourth-order valence-electron chi connectivity index (χ4n) is 3.05. The number of benzene rings is 1. The highest BCUT2D eigenvalue weighted by Gasteiger charge is 2.08. The maximum atomic E-state index is 4.91. The van der Waals surface area contributed by atoms with E-state index in [1.807, 2.05) is 24.3 Å². The van der Waals surface area contributed by atoms with Crippen LogP contribution in [0.1, 0.15) is 50.2 Å². The summed E-state index contributed by atoms with van der Waals surface area (Å²) in [5.74, 6) is 6.57. The van der Waals surface area contributed by atoms with Gasteiger partial charge in [-0.15, -0.1) is 0 Å². The molecule has 0 saturated carbocycles. The van der Waals surface area contributed by atoms with E-state index in [-0.39, 0.29) is 0 Å². The average Bonchev–Trinajstić information content (AvgIpc) is 2.75. The second-order valence-electron chi connectivity index (χ2n) is 6.76. The van der Waals surface area contributed by atoms with Gasteiger partial charge in [0, 0.05) is 24.2 Å². The first kappa shape index (κ1) is 22.9. The van der Waals surface area contributed by atoms with Crippen LogP contribution in [0.25, 0.3) is 0 Å². The Bertz CT molecular complexity index is 849. The molecule has 0 aliphatic heterocycles. The number of isothiocyanates is 1. The van der Waals surface area contributed by atoms with Gasteiger partial charge in [0.25, 0.3) is 0 Å². The molecule has 0 atom stereocenters. The number of pyridine rings is 1. The van der Waals surface area contributed by atoms with E-state index in [2.05, 4.69) is 83.8 Å². The highest BCUT2D eigenvalue weighted by atomic mass is 32.1. The summed E-state index contributed by atoms with van der Waals surface area (Å²) in [4.78, 5) is 13.6. The number of hydrogen-bond acceptors (Lipinski definition) is 5. The fraction of sp³-hybridized carbons (Fsp3) is 0.417. The molecule has 1 aromatic heterocycles. The van der Waals surface area contributed by atoms with E-state index in [0.717, 1.165) is 67.5 Å². The van der Waals surface area contributed by atoms with E-state index in [0.29, 0.717) is 0 Å². The van der Waals surface area contributed by atoms with E-state index in [4.69, 9.17) is 4.98 Å². The molecule has 0 fully saturated rings. The second kappa shape index (κ2) is 12.3. The van der Waals surface area contributed by atoms with Gasteiger partial charge in [0.05, 0.1) is 22.2 Å². The van der Waals surface area contributed by atoms with Crippen molar-refractivity contribution >= 4 is 23.1 Å². The number of hydrogen-bond donors (Lipinski definition) is 0. The molecule has 0 bridgehead atoms. The van der Waals surface area contributed by atoms with Gasteiger partial charge in [-0.05, 0) is 74.8 Å². The van der Waals surface area contributed by atoms with Crippen molar-refractivity contribution in [3.63, 3.8) is 0 Å². The fourth-order valence-corrected chi connectivity index (χ4v) is 3.16. The van der Waals surface area contributed by atoms with Gasteiger partial charge in [-0.3, -0.25) is 14.8 Å². The third-order valence-corrected chi connectivity index (χ3v) is 4.98. The molecule has 152 valence electrons. The summed E-state index contributed by atoms with van der Waals surface area (Å²) in [6, 6.07) is 11.9. The summed E-state index contributed by atoms with van der Waals surface area (Å²) < 4.78 is 0. The predicted molar refractivity (Wildman–Crippen MR) is 125 cm³/mol. The van der Waals surface area contributed by atoms with Crippen LogP contribution in [-0.2, 0) is 13.1 Å². The third kappa shape index (κ3) is 7.53. The Morgan fingerprint density at radius 3 is 1.72 bits per heavy atom. The van der Waals surface area contributed by atoms with Crippen molar-refractivity contribution in [2.24, 2.45) is 4.99 Å². The molecule has 0 saturated heterocycles. The van der Waals surface area contributed by atoms with Gasteiger partial charge >= 0.3 is 0 Å². The van der Waals surface area contributed by atoms with Crippen LogP contribution in [-0.4, -0.2) is 46.1 Å². The first-order chi connectivity index (χ1) is 14.1. The molecule has 4 nitrogen and oxygen atoms in total. The minimum Gasteiger partial charge on any atom is -0.298 e. The number of rotatable bonds is 9. The van der Waals surface area contributed by atoms with Crippen molar-refractivity contribution in [3.05, 3.63) is 58.9 Å². The molecule has 0 spiro atoms. The first-order valence-corrected chi connectivity index (χ1v) is 10.7. The zero-order chi connectivity index (χ0) is 21.1. The molecule has 0 radical (unpaired) electrons. The summed E-state index contributed by atoms with van der Waals surface area (Å²) in [6.45, 7) is 14.5. The SMILES string of the molecule is CCN(CC)Cc1cc(C#Cc2ccc(N=C=S)cc2)cc(CN(CC)CC)n1. The number of aliphatic imine (C=N–C) groups is 1. The van der Waals surface area contributed by atoms with Crippen LogP contribution < -0.4 is 0 Å². The summed E-state index contributed by atoms with van der Waals surface area (Å²) in [7, 11) is 0. The second-order valence-corrected chi connectivity index (χ2v) is 6.94. The molecule has 0 aliphatic rings. The Labute approximate surface area is 180 Å². The van der Waals surface area contributed by atoms with Crippen LogP contribution in [0.5, 0.6) is 0 Å². The molecule has 29 heavy (non-hydrogen) atoms. The lowest BCUT2D eigenvalue weighted by molar-refractivity contribution is 0.284. The van der Waals surface area contributed by atoms with Crippen LogP contribution in [0, 0.1) is 11.8 Å². The van der Waals surface area contributed by atoms with E-state index in [1.54, 1.807) is 0 Å². The van der Waals surface area contributed by atoms with Crippen molar-refractivity contribution in [2.45, 2.75) is 40.8 Å². The Balaban J connectivity index is 2.32. The molecule has 0 amide bonds. The summed E-state index contributed by atoms with van der Waals surface area (Å²) in [5, 5.41) is 2.38. The van der Waals surface area contributed by atoms with Gasteiger partial charge in [-0.2, -0.15) is 4.99 Å². The zero-order valence-corrected chi connectivity index (χ0v) is 18.7. The predicted octanol–water partition coefficient (Wildman–Crippen LogP) is 4.90. The van der Waals surface area contributed by atoms with E-state index < -0.39 is 0 Å². The van der Waals surface area contributed by atoms with Crippen LogP contribution in [0.3, 0.4) is 0 Å². The van der Waals surface area contributed by atoms with Crippen LogP contribution in [0.4, 0.5) is 5.69 Å². The highest BCUT2D eigenvalue weighted by Crippen LogP contribution is 2.13. The van der Waals surface area contributed by atoms with Gasteiger partial charge in [-0.25, -0.2) is 0 Å². The number of nitrogens with zero attached hydrogens (tertiary/aromatic N) is 4. The number of aromatic nitrogens is 1. The minimum atomic E-state index is 0.789. The molecule has 1 aromatic carbocycles. The summed E-state index contributed by atoms with van der Waals surface area (Å²) in [6.07, 6.45) is 0. The smallest absolute Gasteiger partial charge is 0.0740 e. The molecule has 0 aliphatic carbocycles. The van der Waals surface area contributed by atoms with Crippen LogP contribution in [0.2, 0.25) is 0 Å². The van der Waals surface area contributed by atoms with E-state index >= 15 is 0 Å². The van der Waals surface area contributed by atoms with Gasteiger partial charge in [0.2, 0.25) is 0 Å². The van der Waals surface area contributed by atoms with Gasteiger partial charge in [0.15, 0.2) is 0 Å². The largest absolute Gasteiger partial charge is 0.298 e. The van der Waals surface area contributed by atoms with Crippen molar-refractivity contribution < 1.29 is 0 Å². The quantitative estimate of drug-likeness (QED) is 0.337. The van der Waals surface area contributed by atoms with E-state index in [1.165, 1.54) is 0 Å². The maximum Gasteiger partial charge on any atom is 0.0740 e. The third-order valence-electron chi connectivity index (χ3n) is 4.88. The zero-order valence-electron chi connectivity index (χ0n) is 17.9. The lowest BCUT2D eigenvalue weighted by Crippen LogP contribution is -2.25.